The van der Waals surface area contributed by atoms with Crippen LogP contribution < -0.4 is 5.32 Å². The molecule has 23 heavy (non-hydrogen) atoms. The van der Waals surface area contributed by atoms with Gasteiger partial charge in [-0.05, 0) is 43.9 Å². The highest BCUT2D eigenvalue weighted by molar-refractivity contribution is 5.88. The van der Waals surface area contributed by atoms with E-state index in [1.54, 1.807) is 29.2 Å². The Morgan fingerprint density at radius 1 is 1.48 bits per heavy atom. The van der Waals surface area contributed by atoms with Crippen molar-refractivity contribution >= 4 is 11.9 Å². The zero-order valence-corrected chi connectivity index (χ0v) is 12.9. The lowest BCUT2D eigenvalue weighted by Crippen LogP contribution is -2.37. The van der Waals surface area contributed by atoms with E-state index in [1.807, 2.05) is 6.92 Å². The molecule has 1 atom stereocenters. The molecule has 7 heteroatoms. The van der Waals surface area contributed by atoms with Crippen molar-refractivity contribution in [2.45, 2.75) is 32.4 Å². The fourth-order valence-corrected chi connectivity index (χ4v) is 2.34. The highest BCUT2D eigenvalue weighted by atomic mass is 16.5. The lowest BCUT2D eigenvalue weighted by Gasteiger charge is -2.12. The number of nitrogens with one attached hydrogen (secondary N) is 1. The molecule has 2 heterocycles. The topological polar surface area (TPSA) is 86.4 Å². The van der Waals surface area contributed by atoms with Crippen LogP contribution in [-0.4, -0.2) is 34.3 Å². The van der Waals surface area contributed by atoms with Crippen molar-refractivity contribution in [1.82, 2.24) is 15.1 Å². The molecular weight excluding hydrogens is 298 g/mol. The number of carbonyl (C=O) groups excluding carboxylic acids is 2. The number of aromatic nitrogens is 2. The van der Waals surface area contributed by atoms with Gasteiger partial charge >= 0.3 is 5.97 Å². The maximum absolute atomic E-state index is 11.9. The van der Waals surface area contributed by atoms with Crippen molar-refractivity contribution in [2.75, 3.05) is 6.61 Å². The zero-order chi connectivity index (χ0) is 16.2. The molecule has 3 rings (SSSR count). The minimum Gasteiger partial charge on any atom is -0.452 e. The maximum atomic E-state index is 11.9. The first-order chi connectivity index (χ1) is 11.1. The van der Waals surface area contributed by atoms with Crippen molar-refractivity contribution in [2.24, 2.45) is 5.92 Å². The third kappa shape index (κ3) is 4.21. The molecule has 7 nitrogen and oxygen atoms in total. The molecule has 0 aromatic carbocycles. The largest absolute Gasteiger partial charge is 0.452 e. The standard InChI is InChI=1S/C16H19N3O4/c1-11(12-3-4-12)18-15(20)10-22-16(21)14-6-5-13(23-14)9-19-8-2-7-17-19/h2,5-8,11-12H,3-4,9-10H2,1H3,(H,18,20). The SMILES string of the molecule is CC(NC(=O)COC(=O)c1ccc(Cn2cccn2)o1)C1CC1. The Morgan fingerprint density at radius 3 is 3.00 bits per heavy atom. The van der Waals surface area contributed by atoms with Crippen LogP contribution in [0.3, 0.4) is 0 Å². The summed E-state index contributed by atoms with van der Waals surface area (Å²) in [5, 5.41) is 6.88. The molecule has 1 amide bonds. The number of amides is 1. The first-order valence-corrected chi connectivity index (χ1v) is 7.64. The Labute approximate surface area is 133 Å². The Kier molecular flexibility index (Phi) is 4.45. The smallest absolute Gasteiger partial charge is 0.374 e. The number of hydrogen-bond acceptors (Lipinski definition) is 5. The van der Waals surface area contributed by atoms with Gasteiger partial charge in [0.05, 0.1) is 6.54 Å². The maximum Gasteiger partial charge on any atom is 0.374 e. The number of nitrogens with zero attached hydrogens (tertiary/aromatic N) is 2. The van der Waals surface area contributed by atoms with Gasteiger partial charge in [-0.3, -0.25) is 9.48 Å². The first-order valence-electron chi connectivity index (χ1n) is 7.64. The molecule has 2 aromatic rings. The lowest BCUT2D eigenvalue weighted by atomic mass is 10.2. The summed E-state index contributed by atoms with van der Waals surface area (Å²) in [5.74, 6) is 0.291. The summed E-state index contributed by atoms with van der Waals surface area (Å²) in [4.78, 5) is 23.6. The van der Waals surface area contributed by atoms with Crippen LogP contribution in [0.25, 0.3) is 0 Å². The Bertz CT molecular complexity index is 673. The Hall–Kier alpha value is -2.57. The number of esters is 1. The Morgan fingerprint density at radius 2 is 2.30 bits per heavy atom. The molecule has 0 spiro atoms. The molecule has 0 radical (unpaired) electrons. The molecule has 0 saturated heterocycles. The normalized spacial score (nSPS) is 15.2. The van der Waals surface area contributed by atoms with E-state index in [2.05, 4.69) is 10.4 Å². The predicted molar refractivity (Wildman–Crippen MR) is 80.6 cm³/mol. The van der Waals surface area contributed by atoms with Crippen LogP contribution >= 0.6 is 0 Å². The summed E-state index contributed by atoms with van der Waals surface area (Å²) in [5.41, 5.74) is 0. The number of hydrogen-bond donors (Lipinski definition) is 1. The lowest BCUT2D eigenvalue weighted by molar-refractivity contribution is -0.125. The summed E-state index contributed by atoms with van der Waals surface area (Å²) in [7, 11) is 0. The van der Waals surface area contributed by atoms with Gasteiger partial charge in [0.2, 0.25) is 5.76 Å². The van der Waals surface area contributed by atoms with Gasteiger partial charge in [-0.15, -0.1) is 0 Å². The molecule has 0 bridgehead atoms. The van der Waals surface area contributed by atoms with Crippen LogP contribution in [-0.2, 0) is 16.1 Å². The molecule has 122 valence electrons. The van der Waals surface area contributed by atoms with Crippen molar-refractivity contribution in [3.05, 3.63) is 42.1 Å². The van der Waals surface area contributed by atoms with Gasteiger partial charge in [-0.1, -0.05) is 0 Å². The van der Waals surface area contributed by atoms with Crippen LogP contribution in [0, 0.1) is 5.92 Å². The molecule has 1 fully saturated rings. The van der Waals surface area contributed by atoms with Crippen LogP contribution in [0.15, 0.2) is 35.0 Å². The van der Waals surface area contributed by atoms with Gasteiger partial charge < -0.3 is 14.5 Å². The van der Waals surface area contributed by atoms with Crippen LogP contribution in [0.1, 0.15) is 36.1 Å². The monoisotopic (exact) mass is 317 g/mol. The fraction of sp³-hybridized carbons (Fsp3) is 0.438. The summed E-state index contributed by atoms with van der Waals surface area (Å²) in [6.45, 7) is 2.09. The molecular formula is C16H19N3O4. The molecule has 1 aliphatic carbocycles. The third-order valence-corrected chi connectivity index (χ3v) is 3.79. The van der Waals surface area contributed by atoms with E-state index in [-0.39, 0.29) is 24.3 Å². The van der Waals surface area contributed by atoms with Crippen molar-refractivity contribution in [3.63, 3.8) is 0 Å². The molecule has 2 aromatic heterocycles. The number of furan rings is 1. The highest BCUT2D eigenvalue weighted by Crippen LogP contribution is 2.32. The molecule has 0 aliphatic heterocycles. The van der Waals surface area contributed by atoms with Crippen LogP contribution in [0.5, 0.6) is 0 Å². The number of carbonyl (C=O) groups is 2. The van der Waals surface area contributed by atoms with E-state index >= 15 is 0 Å². The van der Waals surface area contributed by atoms with Gasteiger partial charge in [0.15, 0.2) is 6.61 Å². The molecule has 1 saturated carbocycles. The van der Waals surface area contributed by atoms with Gasteiger partial charge in [0.25, 0.3) is 5.91 Å². The van der Waals surface area contributed by atoms with Gasteiger partial charge in [0.1, 0.15) is 5.76 Å². The average Bonchev–Trinajstić information content (AvgIpc) is 3.07. The number of ether oxygens (including phenoxy) is 1. The van der Waals surface area contributed by atoms with E-state index in [9.17, 15) is 9.59 Å². The molecule has 1 N–H and O–H groups in total. The van der Waals surface area contributed by atoms with Crippen molar-refractivity contribution < 1.29 is 18.7 Å². The average molecular weight is 317 g/mol. The molecule has 1 aliphatic rings. The van der Waals surface area contributed by atoms with Crippen LogP contribution in [0.4, 0.5) is 0 Å². The van der Waals surface area contributed by atoms with E-state index in [0.29, 0.717) is 18.2 Å². The second-order valence-corrected chi connectivity index (χ2v) is 5.74. The fourth-order valence-electron chi connectivity index (χ4n) is 2.34. The van der Waals surface area contributed by atoms with Gasteiger partial charge in [0, 0.05) is 18.4 Å². The highest BCUT2D eigenvalue weighted by Gasteiger charge is 2.29. The summed E-state index contributed by atoms with van der Waals surface area (Å²) in [6.07, 6.45) is 5.75. The van der Waals surface area contributed by atoms with E-state index in [0.717, 1.165) is 12.8 Å². The van der Waals surface area contributed by atoms with E-state index < -0.39 is 5.97 Å². The minimum atomic E-state index is -0.647. The number of rotatable bonds is 7. The first kappa shape index (κ1) is 15.3. The zero-order valence-electron chi connectivity index (χ0n) is 12.9. The van der Waals surface area contributed by atoms with Crippen molar-refractivity contribution in [3.8, 4) is 0 Å². The third-order valence-electron chi connectivity index (χ3n) is 3.79. The molecule has 1 unspecified atom stereocenters. The summed E-state index contributed by atoms with van der Waals surface area (Å²) < 4.78 is 12.1. The minimum absolute atomic E-state index is 0.0789. The van der Waals surface area contributed by atoms with E-state index in [4.69, 9.17) is 9.15 Å². The van der Waals surface area contributed by atoms with Crippen LogP contribution in [0.2, 0.25) is 0 Å². The predicted octanol–water partition coefficient (Wildman–Crippen LogP) is 1.60. The quantitative estimate of drug-likeness (QED) is 0.784. The van der Waals surface area contributed by atoms with E-state index in [1.165, 1.54) is 6.07 Å². The summed E-state index contributed by atoms with van der Waals surface area (Å²) >= 11 is 0. The second kappa shape index (κ2) is 6.68. The Balaban J connectivity index is 1.46. The van der Waals surface area contributed by atoms with Crippen molar-refractivity contribution in [1.29, 1.82) is 0 Å². The summed E-state index contributed by atoms with van der Waals surface area (Å²) in [6, 6.07) is 5.16. The van der Waals surface area contributed by atoms with Gasteiger partial charge in [-0.25, -0.2) is 4.79 Å². The van der Waals surface area contributed by atoms with Gasteiger partial charge in [-0.2, -0.15) is 5.10 Å². The second-order valence-electron chi connectivity index (χ2n) is 5.74.